The van der Waals surface area contributed by atoms with Crippen molar-refractivity contribution in [2.75, 3.05) is 18.4 Å². The van der Waals surface area contributed by atoms with Crippen molar-refractivity contribution < 1.29 is 9.59 Å². The third kappa shape index (κ3) is 4.58. The fourth-order valence-corrected chi connectivity index (χ4v) is 3.92. The summed E-state index contributed by atoms with van der Waals surface area (Å²) in [5.41, 5.74) is 1.65. The van der Waals surface area contributed by atoms with Crippen LogP contribution in [0.25, 0.3) is 0 Å². The summed E-state index contributed by atoms with van der Waals surface area (Å²) in [6, 6.07) is 11.6. The minimum absolute atomic E-state index is 0.0332. The van der Waals surface area contributed by atoms with E-state index >= 15 is 0 Å². The van der Waals surface area contributed by atoms with E-state index < -0.39 is 0 Å². The first-order chi connectivity index (χ1) is 13.2. The molecule has 0 unspecified atom stereocenters. The summed E-state index contributed by atoms with van der Waals surface area (Å²) in [4.78, 5) is 27.7. The number of hydrogen-bond acceptors (Lipinski definition) is 3. The highest BCUT2D eigenvalue weighted by Gasteiger charge is 2.35. The molecule has 0 radical (unpaired) electrons. The van der Waals surface area contributed by atoms with Crippen molar-refractivity contribution in [2.24, 2.45) is 11.8 Å². The highest BCUT2D eigenvalue weighted by atomic mass is 32.1. The zero-order chi connectivity index (χ0) is 18.6. The molecule has 4 nitrogen and oxygen atoms in total. The lowest BCUT2D eigenvalue weighted by Gasteiger charge is -2.31. The van der Waals surface area contributed by atoms with Gasteiger partial charge in [0.1, 0.15) is 0 Å². The molecule has 2 amide bonds. The average Bonchev–Trinajstić information content (AvgIpc) is 3.42. The first-order valence-electron chi connectivity index (χ1n) is 9.44. The van der Waals surface area contributed by atoms with E-state index in [0.717, 1.165) is 41.8 Å². The van der Waals surface area contributed by atoms with E-state index in [1.807, 2.05) is 46.7 Å². The molecule has 1 N–H and O–H groups in total. The molecular formula is C22H22N2O2S. The minimum atomic E-state index is -0.0332. The lowest BCUT2D eigenvalue weighted by molar-refractivity contribution is -0.135. The third-order valence-corrected chi connectivity index (χ3v) is 5.87. The quantitative estimate of drug-likeness (QED) is 0.828. The Hall–Kier alpha value is -2.58. The summed E-state index contributed by atoms with van der Waals surface area (Å²) in [7, 11) is 0. The number of nitrogens with zero attached hydrogens (tertiary/aromatic N) is 1. The molecule has 2 aromatic rings. The van der Waals surface area contributed by atoms with Gasteiger partial charge in [0.05, 0.1) is 4.88 Å². The molecule has 5 heteroatoms. The molecule has 27 heavy (non-hydrogen) atoms. The van der Waals surface area contributed by atoms with Crippen LogP contribution < -0.4 is 5.32 Å². The topological polar surface area (TPSA) is 49.4 Å². The number of carbonyl (C=O) groups excluding carboxylic acids is 2. The monoisotopic (exact) mass is 378 g/mol. The van der Waals surface area contributed by atoms with E-state index in [-0.39, 0.29) is 23.7 Å². The van der Waals surface area contributed by atoms with Crippen LogP contribution in [0.1, 0.15) is 36.1 Å². The van der Waals surface area contributed by atoms with Crippen LogP contribution in [0.3, 0.4) is 0 Å². The molecule has 0 bridgehead atoms. The van der Waals surface area contributed by atoms with Crippen LogP contribution in [-0.2, 0) is 9.59 Å². The van der Waals surface area contributed by atoms with Crippen molar-refractivity contribution in [1.82, 2.24) is 4.90 Å². The summed E-state index contributed by atoms with van der Waals surface area (Å²) in [6.45, 7) is 1.39. The number of hydrogen-bond donors (Lipinski definition) is 1. The molecule has 2 fully saturated rings. The predicted molar refractivity (Wildman–Crippen MR) is 107 cm³/mol. The Morgan fingerprint density at radius 3 is 2.52 bits per heavy atom. The van der Waals surface area contributed by atoms with Crippen molar-refractivity contribution in [3.05, 3.63) is 52.2 Å². The van der Waals surface area contributed by atoms with E-state index in [4.69, 9.17) is 0 Å². The molecule has 1 saturated heterocycles. The average molecular weight is 378 g/mol. The number of nitrogens with one attached hydrogen (secondary N) is 1. The largest absolute Gasteiger partial charge is 0.342 e. The van der Waals surface area contributed by atoms with Gasteiger partial charge in [-0.3, -0.25) is 9.59 Å². The van der Waals surface area contributed by atoms with Crippen LogP contribution >= 0.6 is 11.3 Å². The summed E-state index contributed by atoms with van der Waals surface area (Å²) in [5.74, 6) is 6.82. The fourth-order valence-electron chi connectivity index (χ4n) is 3.35. The maximum Gasteiger partial charge on any atom is 0.227 e. The van der Waals surface area contributed by atoms with Crippen molar-refractivity contribution >= 4 is 28.8 Å². The van der Waals surface area contributed by atoms with E-state index in [1.165, 1.54) is 0 Å². The minimum Gasteiger partial charge on any atom is -0.342 e. The van der Waals surface area contributed by atoms with Gasteiger partial charge >= 0.3 is 0 Å². The Kier molecular flexibility index (Phi) is 5.26. The summed E-state index contributed by atoms with van der Waals surface area (Å²) >= 11 is 1.61. The van der Waals surface area contributed by atoms with Crippen molar-refractivity contribution in [1.29, 1.82) is 0 Å². The van der Waals surface area contributed by atoms with E-state index in [1.54, 1.807) is 11.3 Å². The van der Waals surface area contributed by atoms with Crippen molar-refractivity contribution in [3.63, 3.8) is 0 Å². The van der Waals surface area contributed by atoms with Crippen molar-refractivity contribution in [3.8, 4) is 11.8 Å². The highest BCUT2D eigenvalue weighted by Crippen LogP contribution is 2.32. The zero-order valence-corrected chi connectivity index (χ0v) is 15.9. The van der Waals surface area contributed by atoms with Gasteiger partial charge in [0.15, 0.2) is 0 Å². The summed E-state index contributed by atoms with van der Waals surface area (Å²) < 4.78 is 0. The Bertz CT molecular complexity index is 883. The van der Waals surface area contributed by atoms with Gasteiger partial charge in [-0.2, -0.15) is 0 Å². The molecule has 1 aromatic heterocycles. The van der Waals surface area contributed by atoms with Gasteiger partial charge in [0.2, 0.25) is 11.8 Å². The molecule has 2 aliphatic rings. The molecular weight excluding hydrogens is 356 g/mol. The van der Waals surface area contributed by atoms with Gasteiger partial charge in [-0.25, -0.2) is 0 Å². The normalized spacial score (nSPS) is 17.1. The Balaban J connectivity index is 1.33. The number of carbonyl (C=O) groups is 2. The molecule has 2 heterocycles. The van der Waals surface area contributed by atoms with Gasteiger partial charge in [-0.05, 0) is 55.3 Å². The smallest absolute Gasteiger partial charge is 0.227 e. The predicted octanol–water partition coefficient (Wildman–Crippen LogP) is 3.74. The standard InChI is InChI=1S/C22H22N2O2S/c25-21(17-10-12-24(13-11-17)22(26)18-7-8-18)23-19-4-1-3-16(15-19)6-9-20-5-2-14-27-20/h1-5,14-15,17-18H,7-8,10-13H2,(H,23,25). The Morgan fingerprint density at radius 1 is 1.00 bits per heavy atom. The van der Waals surface area contributed by atoms with Crippen LogP contribution in [0.5, 0.6) is 0 Å². The number of thiophene rings is 1. The highest BCUT2D eigenvalue weighted by molar-refractivity contribution is 7.10. The summed E-state index contributed by atoms with van der Waals surface area (Å²) in [5, 5.41) is 5.02. The molecule has 1 aromatic carbocycles. The SMILES string of the molecule is O=C(Nc1cccc(C#Cc2cccs2)c1)C1CCN(C(=O)C2CC2)CC1. The molecule has 0 atom stereocenters. The second-order valence-corrected chi connectivity index (χ2v) is 8.12. The van der Waals surface area contributed by atoms with E-state index in [9.17, 15) is 9.59 Å². The van der Waals surface area contributed by atoms with E-state index in [2.05, 4.69) is 17.2 Å². The maximum absolute atomic E-state index is 12.6. The number of rotatable bonds is 3. The molecule has 1 saturated carbocycles. The fraction of sp³-hybridized carbons (Fsp3) is 0.364. The number of likely N-dealkylation sites (tertiary alicyclic amines) is 1. The second kappa shape index (κ2) is 7.98. The van der Waals surface area contributed by atoms with Gasteiger partial charge in [-0.15, -0.1) is 11.3 Å². The lowest BCUT2D eigenvalue weighted by Crippen LogP contribution is -2.42. The van der Waals surface area contributed by atoms with Crippen LogP contribution in [0, 0.1) is 23.7 Å². The zero-order valence-electron chi connectivity index (χ0n) is 15.1. The molecule has 138 valence electrons. The molecule has 1 aliphatic heterocycles. The maximum atomic E-state index is 12.6. The molecule has 1 aliphatic carbocycles. The Labute approximate surface area is 163 Å². The number of benzene rings is 1. The molecule has 0 spiro atoms. The second-order valence-electron chi connectivity index (χ2n) is 7.17. The van der Waals surface area contributed by atoms with Crippen molar-refractivity contribution in [2.45, 2.75) is 25.7 Å². The third-order valence-electron chi connectivity index (χ3n) is 5.09. The van der Waals surface area contributed by atoms with Crippen LogP contribution in [0.15, 0.2) is 41.8 Å². The van der Waals surface area contributed by atoms with Crippen LogP contribution in [-0.4, -0.2) is 29.8 Å². The van der Waals surface area contributed by atoms with Crippen LogP contribution in [0.4, 0.5) is 5.69 Å². The van der Waals surface area contributed by atoms with Gasteiger partial charge in [0.25, 0.3) is 0 Å². The van der Waals surface area contributed by atoms with Gasteiger partial charge in [0, 0.05) is 36.2 Å². The number of piperidine rings is 1. The number of amides is 2. The summed E-state index contributed by atoms with van der Waals surface area (Å²) in [6.07, 6.45) is 3.54. The Morgan fingerprint density at radius 2 is 1.81 bits per heavy atom. The lowest BCUT2D eigenvalue weighted by atomic mass is 9.95. The number of anilines is 1. The van der Waals surface area contributed by atoms with Gasteiger partial charge in [-0.1, -0.05) is 24.0 Å². The van der Waals surface area contributed by atoms with Crippen LogP contribution in [0.2, 0.25) is 0 Å². The molecule has 4 rings (SSSR count). The first-order valence-corrected chi connectivity index (χ1v) is 10.3. The van der Waals surface area contributed by atoms with Gasteiger partial charge < -0.3 is 10.2 Å². The van der Waals surface area contributed by atoms with E-state index in [0.29, 0.717) is 13.1 Å². The first kappa shape index (κ1) is 17.8.